The average Bonchev–Trinajstić information content (AvgIpc) is 2.93. The molecule has 122 valence electrons. The molecule has 0 spiro atoms. The predicted octanol–water partition coefficient (Wildman–Crippen LogP) is 3.92. The van der Waals surface area contributed by atoms with Crippen LogP contribution in [0.3, 0.4) is 0 Å². The molecule has 0 bridgehead atoms. The van der Waals surface area contributed by atoms with Gasteiger partial charge in [-0.25, -0.2) is 4.79 Å². The quantitative estimate of drug-likeness (QED) is 0.441. The van der Waals surface area contributed by atoms with Gasteiger partial charge < -0.3 is 20.5 Å². The molecule has 1 aromatic carbocycles. The summed E-state index contributed by atoms with van der Waals surface area (Å²) >= 11 is 6.72. The first-order chi connectivity index (χ1) is 10.9. The third kappa shape index (κ3) is 4.20. The lowest BCUT2D eigenvalue weighted by atomic mass is 10.2. The molecule has 3 N–H and O–H groups in total. The summed E-state index contributed by atoms with van der Waals surface area (Å²) < 4.78 is 4.79. The number of hydrogen-bond acceptors (Lipinski definition) is 5. The molecule has 0 aliphatic heterocycles. The van der Waals surface area contributed by atoms with Crippen molar-refractivity contribution in [2.24, 2.45) is 0 Å². The van der Waals surface area contributed by atoms with Crippen LogP contribution in [0.25, 0.3) is 0 Å². The number of phenolic OH excluding ortho intramolecular Hbond substituents is 1. The van der Waals surface area contributed by atoms with Gasteiger partial charge in [-0.2, -0.15) is 0 Å². The van der Waals surface area contributed by atoms with Crippen LogP contribution in [0.15, 0.2) is 24.3 Å². The molecule has 0 atom stereocenters. The van der Waals surface area contributed by atoms with Crippen molar-refractivity contribution in [3.8, 4) is 5.75 Å². The van der Waals surface area contributed by atoms with Gasteiger partial charge in [0.15, 0.2) is 5.11 Å². The molecule has 0 unspecified atom stereocenters. The van der Waals surface area contributed by atoms with Gasteiger partial charge >= 0.3 is 5.97 Å². The van der Waals surface area contributed by atoms with Crippen LogP contribution in [-0.2, 0) is 11.2 Å². The molecule has 1 aromatic heterocycles. The van der Waals surface area contributed by atoms with Crippen LogP contribution < -0.4 is 10.6 Å². The lowest BCUT2D eigenvalue weighted by Gasteiger charge is -2.12. The highest BCUT2D eigenvalue weighted by atomic mass is 32.1. The fourth-order valence-corrected chi connectivity index (χ4v) is 3.24. The van der Waals surface area contributed by atoms with Gasteiger partial charge in [-0.15, -0.1) is 11.3 Å². The Morgan fingerprint density at radius 3 is 2.74 bits per heavy atom. The Morgan fingerprint density at radius 1 is 1.35 bits per heavy atom. The van der Waals surface area contributed by atoms with Gasteiger partial charge in [-0.05, 0) is 49.3 Å². The zero-order valence-electron chi connectivity index (χ0n) is 13.1. The van der Waals surface area contributed by atoms with E-state index in [1.165, 1.54) is 18.4 Å². The van der Waals surface area contributed by atoms with Gasteiger partial charge in [0, 0.05) is 4.88 Å². The molecule has 0 aliphatic rings. The van der Waals surface area contributed by atoms with Gasteiger partial charge in [-0.1, -0.05) is 13.0 Å². The lowest BCUT2D eigenvalue weighted by molar-refractivity contribution is 0.0602. The van der Waals surface area contributed by atoms with E-state index in [9.17, 15) is 9.90 Å². The maximum Gasteiger partial charge on any atom is 0.340 e. The second kappa shape index (κ2) is 7.43. The number of carbonyl (C=O) groups excluding carboxylic acids is 1. The van der Waals surface area contributed by atoms with Crippen molar-refractivity contribution in [1.82, 2.24) is 0 Å². The number of carbonyl (C=O) groups is 1. The van der Waals surface area contributed by atoms with E-state index in [1.807, 2.05) is 13.8 Å². The summed E-state index contributed by atoms with van der Waals surface area (Å²) in [4.78, 5) is 12.9. The number of anilines is 2. The molecule has 23 heavy (non-hydrogen) atoms. The zero-order chi connectivity index (χ0) is 17.0. The Balaban J connectivity index is 2.18. The molecule has 0 aliphatic carbocycles. The van der Waals surface area contributed by atoms with Gasteiger partial charge in [-0.3, -0.25) is 0 Å². The van der Waals surface area contributed by atoms with Crippen molar-refractivity contribution in [3.05, 3.63) is 40.3 Å². The van der Waals surface area contributed by atoms with E-state index in [1.54, 1.807) is 24.3 Å². The summed E-state index contributed by atoms with van der Waals surface area (Å²) in [5.74, 6) is -0.307. The van der Waals surface area contributed by atoms with Crippen LogP contribution in [-0.4, -0.2) is 23.3 Å². The Hall–Kier alpha value is -2.12. The highest BCUT2D eigenvalue weighted by Gasteiger charge is 2.17. The SMILES string of the molecule is CCc1cc(C(=O)OC)c(NC(=S)Nc2cc(C)ccc2O)s1. The van der Waals surface area contributed by atoms with Crippen LogP contribution in [0.1, 0.15) is 27.7 Å². The molecular weight excluding hydrogens is 332 g/mol. The van der Waals surface area contributed by atoms with Crippen LogP contribution in [0.2, 0.25) is 0 Å². The van der Waals surface area contributed by atoms with Crippen LogP contribution >= 0.6 is 23.6 Å². The van der Waals surface area contributed by atoms with Crippen molar-refractivity contribution in [2.75, 3.05) is 17.7 Å². The van der Waals surface area contributed by atoms with Gasteiger partial charge in [0.25, 0.3) is 0 Å². The molecule has 7 heteroatoms. The number of hydrogen-bond donors (Lipinski definition) is 3. The zero-order valence-corrected chi connectivity index (χ0v) is 14.7. The van der Waals surface area contributed by atoms with Crippen LogP contribution in [0.5, 0.6) is 5.75 Å². The van der Waals surface area contributed by atoms with Crippen molar-refractivity contribution >= 4 is 45.3 Å². The fourth-order valence-electron chi connectivity index (χ4n) is 1.98. The third-order valence-corrected chi connectivity index (χ3v) is 4.56. The smallest absolute Gasteiger partial charge is 0.340 e. The first-order valence-corrected chi connectivity index (χ1v) is 8.25. The number of aromatic hydroxyl groups is 1. The van der Waals surface area contributed by atoms with E-state index >= 15 is 0 Å². The average molecular weight is 350 g/mol. The van der Waals surface area contributed by atoms with Crippen molar-refractivity contribution < 1.29 is 14.6 Å². The molecule has 0 radical (unpaired) electrons. The summed E-state index contributed by atoms with van der Waals surface area (Å²) in [6.07, 6.45) is 0.815. The Morgan fingerprint density at radius 2 is 2.09 bits per heavy atom. The standard InChI is InChI=1S/C16H18N2O3S2/c1-4-10-8-11(15(20)21-3)14(23-10)18-16(22)17-12-7-9(2)5-6-13(12)19/h5-8,19H,4H2,1-3H3,(H2,17,18,22). The number of thiophene rings is 1. The minimum Gasteiger partial charge on any atom is -0.506 e. The monoisotopic (exact) mass is 350 g/mol. The number of nitrogens with one attached hydrogen (secondary N) is 2. The molecule has 2 aromatic rings. The molecule has 0 saturated carbocycles. The van der Waals surface area contributed by atoms with E-state index in [-0.39, 0.29) is 5.75 Å². The summed E-state index contributed by atoms with van der Waals surface area (Å²) in [6, 6.07) is 6.99. The van der Waals surface area contributed by atoms with E-state index in [0.717, 1.165) is 16.9 Å². The van der Waals surface area contributed by atoms with Crippen molar-refractivity contribution in [1.29, 1.82) is 0 Å². The second-order valence-corrected chi connectivity index (χ2v) is 6.45. The second-order valence-electron chi connectivity index (χ2n) is 4.90. The lowest BCUT2D eigenvalue weighted by Crippen LogP contribution is -2.20. The largest absolute Gasteiger partial charge is 0.506 e. The number of esters is 1. The number of aryl methyl sites for hydroxylation is 2. The fraction of sp³-hybridized carbons (Fsp3) is 0.250. The molecule has 0 amide bonds. The molecule has 0 fully saturated rings. The van der Waals surface area contributed by atoms with Crippen molar-refractivity contribution in [3.63, 3.8) is 0 Å². The highest BCUT2D eigenvalue weighted by Crippen LogP contribution is 2.30. The summed E-state index contributed by atoms with van der Waals surface area (Å²) in [7, 11) is 1.34. The van der Waals surface area contributed by atoms with E-state index in [4.69, 9.17) is 17.0 Å². The topological polar surface area (TPSA) is 70.6 Å². The minimum atomic E-state index is -0.412. The highest BCUT2D eigenvalue weighted by molar-refractivity contribution is 7.80. The Kier molecular flexibility index (Phi) is 5.57. The first-order valence-electron chi connectivity index (χ1n) is 7.03. The molecule has 5 nitrogen and oxygen atoms in total. The van der Waals surface area contributed by atoms with E-state index in [2.05, 4.69) is 10.6 Å². The number of methoxy groups -OCH3 is 1. The summed E-state index contributed by atoms with van der Waals surface area (Å²) in [6.45, 7) is 3.93. The Labute approximate surface area is 144 Å². The Bertz CT molecular complexity index is 741. The number of benzene rings is 1. The van der Waals surface area contributed by atoms with Crippen molar-refractivity contribution in [2.45, 2.75) is 20.3 Å². The van der Waals surface area contributed by atoms with Crippen LogP contribution in [0.4, 0.5) is 10.7 Å². The number of thiocarbonyl (C=S) groups is 1. The minimum absolute atomic E-state index is 0.105. The van der Waals surface area contributed by atoms with E-state index < -0.39 is 5.97 Å². The maximum absolute atomic E-state index is 11.8. The first kappa shape index (κ1) is 17.2. The van der Waals surface area contributed by atoms with Gasteiger partial charge in [0.1, 0.15) is 10.8 Å². The summed E-state index contributed by atoms with van der Waals surface area (Å²) in [5.41, 5.74) is 1.95. The molecular formula is C16H18N2O3S2. The van der Waals surface area contributed by atoms with Gasteiger partial charge in [0.2, 0.25) is 0 Å². The molecule has 0 saturated heterocycles. The number of phenols is 1. The number of ether oxygens (including phenoxy) is 1. The normalized spacial score (nSPS) is 10.2. The van der Waals surface area contributed by atoms with Crippen LogP contribution in [0, 0.1) is 6.92 Å². The molecule has 1 heterocycles. The number of rotatable bonds is 4. The van der Waals surface area contributed by atoms with E-state index in [0.29, 0.717) is 21.4 Å². The predicted molar refractivity (Wildman–Crippen MR) is 97.7 cm³/mol. The summed E-state index contributed by atoms with van der Waals surface area (Å²) in [5, 5.41) is 16.7. The van der Waals surface area contributed by atoms with Gasteiger partial charge in [0.05, 0.1) is 18.4 Å². The maximum atomic E-state index is 11.8. The third-order valence-electron chi connectivity index (χ3n) is 3.16. The molecule has 2 rings (SSSR count).